The molecule has 5 nitrogen and oxygen atoms in total. The molecule has 2 aromatic rings. The zero-order chi connectivity index (χ0) is 14.5. The van der Waals surface area contributed by atoms with Crippen LogP contribution in [0, 0.1) is 32.2 Å². The Bertz CT molecular complexity index is 658. The minimum atomic E-state index is 0.502. The van der Waals surface area contributed by atoms with Crippen molar-refractivity contribution < 1.29 is 0 Å². The van der Waals surface area contributed by atoms with Crippen LogP contribution in [0.4, 0.5) is 11.6 Å². The Balaban J connectivity index is 2.10. The lowest BCUT2D eigenvalue weighted by molar-refractivity contribution is 1.02. The van der Waals surface area contributed by atoms with E-state index in [2.05, 4.69) is 52.6 Å². The number of nitriles is 1. The molecule has 0 amide bonds. The molecule has 102 valence electrons. The van der Waals surface area contributed by atoms with Crippen molar-refractivity contribution in [3.63, 3.8) is 0 Å². The molecule has 20 heavy (non-hydrogen) atoms. The van der Waals surface area contributed by atoms with Gasteiger partial charge in [0, 0.05) is 12.6 Å². The van der Waals surface area contributed by atoms with E-state index >= 15 is 0 Å². The molecule has 2 rings (SSSR count). The maximum absolute atomic E-state index is 8.62. The van der Waals surface area contributed by atoms with Crippen LogP contribution in [0.3, 0.4) is 0 Å². The van der Waals surface area contributed by atoms with E-state index in [1.807, 2.05) is 6.19 Å². The van der Waals surface area contributed by atoms with Crippen molar-refractivity contribution in [3.8, 4) is 6.19 Å². The fraction of sp³-hybridized carbons (Fsp3) is 0.267. The Labute approximate surface area is 118 Å². The summed E-state index contributed by atoms with van der Waals surface area (Å²) in [5.74, 6) is 1.82. The first kappa shape index (κ1) is 13.8. The minimum absolute atomic E-state index is 0.502. The summed E-state index contributed by atoms with van der Waals surface area (Å²) in [6.07, 6.45) is 1.86. The first-order valence-electron chi connectivity index (χ1n) is 6.39. The van der Waals surface area contributed by atoms with E-state index < -0.39 is 0 Å². The number of hydrogen-bond donors (Lipinski definition) is 2. The van der Waals surface area contributed by atoms with E-state index in [1.165, 1.54) is 16.7 Å². The third-order valence-electron chi connectivity index (χ3n) is 3.07. The molecule has 1 aromatic heterocycles. The monoisotopic (exact) mass is 267 g/mol. The van der Waals surface area contributed by atoms with Crippen molar-refractivity contribution in [2.24, 2.45) is 0 Å². The van der Waals surface area contributed by atoms with Gasteiger partial charge in [-0.05, 0) is 37.5 Å². The number of nitrogens with one attached hydrogen (secondary N) is 2. The normalized spacial score (nSPS) is 9.90. The number of nitrogens with zero attached hydrogens (tertiary/aromatic N) is 3. The van der Waals surface area contributed by atoms with Gasteiger partial charge in [-0.3, -0.25) is 5.32 Å². The van der Waals surface area contributed by atoms with E-state index in [-0.39, 0.29) is 0 Å². The second kappa shape index (κ2) is 6.02. The first-order chi connectivity index (χ1) is 9.58. The van der Waals surface area contributed by atoms with Crippen molar-refractivity contribution in [2.75, 3.05) is 10.6 Å². The van der Waals surface area contributed by atoms with Crippen LogP contribution >= 0.6 is 0 Å². The fourth-order valence-electron chi connectivity index (χ4n) is 1.89. The van der Waals surface area contributed by atoms with Crippen LogP contribution in [-0.2, 0) is 6.54 Å². The molecule has 0 aliphatic heterocycles. The highest BCUT2D eigenvalue weighted by Gasteiger charge is 2.02. The summed E-state index contributed by atoms with van der Waals surface area (Å²) >= 11 is 0. The Morgan fingerprint density at radius 2 is 1.80 bits per heavy atom. The van der Waals surface area contributed by atoms with Gasteiger partial charge in [0.05, 0.1) is 0 Å². The van der Waals surface area contributed by atoms with E-state index in [9.17, 15) is 0 Å². The lowest BCUT2D eigenvalue weighted by Crippen LogP contribution is -2.05. The summed E-state index contributed by atoms with van der Waals surface area (Å²) < 4.78 is 0. The molecule has 2 N–H and O–H groups in total. The minimum Gasteiger partial charge on any atom is -0.366 e. The lowest BCUT2D eigenvalue weighted by atomic mass is 10.1. The summed E-state index contributed by atoms with van der Waals surface area (Å²) in [6.45, 7) is 6.68. The van der Waals surface area contributed by atoms with Gasteiger partial charge in [0.1, 0.15) is 17.5 Å². The third-order valence-corrected chi connectivity index (χ3v) is 3.07. The van der Waals surface area contributed by atoms with Crippen LogP contribution < -0.4 is 10.6 Å². The molecule has 1 aromatic carbocycles. The zero-order valence-electron chi connectivity index (χ0n) is 11.9. The Hall–Kier alpha value is -2.61. The van der Waals surface area contributed by atoms with Crippen molar-refractivity contribution in [1.29, 1.82) is 5.26 Å². The van der Waals surface area contributed by atoms with E-state index in [0.717, 1.165) is 0 Å². The van der Waals surface area contributed by atoms with Crippen LogP contribution in [0.5, 0.6) is 0 Å². The topological polar surface area (TPSA) is 73.6 Å². The molecule has 0 radical (unpaired) electrons. The van der Waals surface area contributed by atoms with E-state index in [1.54, 1.807) is 13.0 Å². The van der Waals surface area contributed by atoms with Gasteiger partial charge in [-0.15, -0.1) is 0 Å². The molecule has 0 fully saturated rings. The van der Waals surface area contributed by atoms with Crippen LogP contribution in [0.25, 0.3) is 0 Å². The van der Waals surface area contributed by atoms with Gasteiger partial charge in [0.25, 0.3) is 0 Å². The molecule has 0 spiro atoms. The second-order valence-corrected chi connectivity index (χ2v) is 4.69. The van der Waals surface area contributed by atoms with Gasteiger partial charge in [-0.25, -0.2) is 9.97 Å². The number of benzene rings is 1. The van der Waals surface area contributed by atoms with Crippen molar-refractivity contribution >= 4 is 11.6 Å². The standard InChI is InChI=1S/C15H17N5/c1-10-4-5-13(6-11(10)2)8-17-14-7-15(18-9-16)20-12(3)19-14/h4-7H,8H2,1-3H3,(H2,17,18,19,20). The highest BCUT2D eigenvalue weighted by molar-refractivity contribution is 5.49. The first-order valence-corrected chi connectivity index (χ1v) is 6.39. The maximum Gasteiger partial charge on any atom is 0.182 e. The molecule has 0 saturated carbocycles. The zero-order valence-corrected chi connectivity index (χ0v) is 11.9. The molecule has 0 saturated heterocycles. The largest absolute Gasteiger partial charge is 0.366 e. The SMILES string of the molecule is Cc1nc(NC#N)cc(NCc2ccc(C)c(C)c2)n1. The smallest absolute Gasteiger partial charge is 0.182 e. The predicted octanol–water partition coefficient (Wildman–Crippen LogP) is 2.91. The van der Waals surface area contributed by atoms with Crippen LogP contribution in [-0.4, -0.2) is 9.97 Å². The highest BCUT2D eigenvalue weighted by Crippen LogP contribution is 2.14. The third kappa shape index (κ3) is 3.45. The molecule has 0 unspecified atom stereocenters. The Morgan fingerprint density at radius 1 is 1.05 bits per heavy atom. The number of aromatic nitrogens is 2. The summed E-state index contributed by atoms with van der Waals surface area (Å²) in [7, 11) is 0. The van der Waals surface area contributed by atoms with E-state index in [0.29, 0.717) is 24.0 Å². The molecule has 5 heteroatoms. The lowest BCUT2D eigenvalue weighted by Gasteiger charge is -2.09. The summed E-state index contributed by atoms with van der Waals surface area (Å²) in [6, 6.07) is 8.08. The van der Waals surface area contributed by atoms with Gasteiger partial charge < -0.3 is 5.32 Å². The summed E-state index contributed by atoms with van der Waals surface area (Å²) in [5.41, 5.74) is 3.75. The summed E-state index contributed by atoms with van der Waals surface area (Å²) in [5, 5.41) is 14.4. The van der Waals surface area contributed by atoms with Gasteiger partial charge >= 0.3 is 0 Å². The van der Waals surface area contributed by atoms with Crippen molar-refractivity contribution in [1.82, 2.24) is 9.97 Å². The number of rotatable bonds is 4. The number of aryl methyl sites for hydroxylation is 3. The fourth-order valence-corrected chi connectivity index (χ4v) is 1.89. The Kier molecular flexibility index (Phi) is 4.16. The van der Waals surface area contributed by atoms with Gasteiger partial charge in [-0.1, -0.05) is 18.2 Å². The molecule has 0 bridgehead atoms. The maximum atomic E-state index is 8.62. The van der Waals surface area contributed by atoms with Gasteiger partial charge in [0.2, 0.25) is 0 Å². The quantitative estimate of drug-likeness (QED) is 0.658. The summed E-state index contributed by atoms with van der Waals surface area (Å²) in [4.78, 5) is 8.42. The highest BCUT2D eigenvalue weighted by atomic mass is 15.1. The Morgan fingerprint density at radius 3 is 2.50 bits per heavy atom. The van der Waals surface area contributed by atoms with Crippen molar-refractivity contribution in [2.45, 2.75) is 27.3 Å². The van der Waals surface area contributed by atoms with Crippen LogP contribution in [0.2, 0.25) is 0 Å². The molecule has 0 aliphatic carbocycles. The van der Waals surface area contributed by atoms with Crippen LogP contribution in [0.1, 0.15) is 22.5 Å². The van der Waals surface area contributed by atoms with Crippen LogP contribution in [0.15, 0.2) is 24.3 Å². The van der Waals surface area contributed by atoms with Gasteiger partial charge in [0.15, 0.2) is 6.19 Å². The number of hydrogen-bond acceptors (Lipinski definition) is 5. The average Bonchev–Trinajstić information content (AvgIpc) is 2.40. The average molecular weight is 267 g/mol. The predicted molar refractivity (Wildman–Crippen MR) is 79.2 cm³/mol. The molecule has 0 atom stereocenters. The molecular formula is C15H17N5. The number of anilines is 2. The molecule has 0 aliphatic rings. The molecular weight excluding hydrogens is 250 g/mol. The van der Waals surface area contributed by atoms with Crippen molar-refractivity contribution in [3.05, 3.63) is 46.8 Å². The van der Waals surface area contributed by atoms with Gasteiger partial charge in [-0.2, -0.15) is 5.26 Å². The van der Waals surface area contributed by atoms with E-state index in [4.69, 9.17) is 5.26 Å². The second-order valence-electron chi connectivity index (χ2n) is 4.69. The molecule has 1 heterocycles.